The van der Waals surface area contributed by atoms with Crippen molar-refractivity contribution in [3.63, 3.8) is 0 Å². The van der Waals surface area contributed by atoms with E-state index in [2.05, 4.69) is 32.9 Å². The van der Waals surface area contributed by atoms with Crippen molar-refractivity contribution >= 4 is 5.78 Å². The van der Waals surface area contributed by atoms with Gasteiger partial charge >= 0.3 is 0 Å². The first-order valence-electron chi connectivity index (χ1n) is 5.36. The minimum atomic E-state index is -0.372. The lowest BCUT2D eigenvalue weighted by Gasteiger charge is -2.25. The summed E-state index contributed by atoms with van der Waals surface area (Å²) in [6.07, 6.45) is 0. The van der Waals surface area contributed by atoms with Gasteiger partial charge in [0.25, 0.3) is 0 Å². The second-order valence-corrected chi connectivity index (χ2v) is 4.93. The molecule has 0 fully saturated rings. The van der Waals surface area contributed by atoms with Crippen LogP contribution >= 0.6 is 0 Å². The Labute approximate surface area is 92.5 Å². The highest BCUT2D eigenvalue weighted by Crippen LogP contribution is 2.29. The molecule has 0 atom stereocenters. The van der Waals surface area contributed by atoms with Gasteiger partial charge in [-0.3, -0.25) is 4.79 Å². The molecule has 0 radical (unpaired) electrons. The fraction of sp³-hybridized carbons (Fsp3) is 0.500. The van der Waals surface area contributed by atoms with Crippen LogP contribution in [-0.2, 0) is 10.2 Å². The molecule has 0 aliphatic heterocycles. The third-order valence-electron chi connectivity index (χ3n) is 3.39. The number of benzene rings is 1. The molecule has 0 heterocycles. The average molecular weight is 204 g/mol. The maximum absolute atomic E-state index is 11.6. The van der Waals surface area contributed by atoms with Crippen molar-refractivity contribution in [1.82, 2.24) is 0 Å². The van der Waals surface area contributed by atoms with Crippen LogP contribution in [0.3, 0.4) is 0 Å². The standard InChI is InChI=1S/C14H20O/c1-9-7-11(3)13(8-10(9)2)14(5,6)12(4)15/h7-8H,1-6H3. The van der Waals surface area contributed by atoms with Crippen molar-refractivity contribution in [2.75, 3.05) is 0 Å². The molecule has 1 heteroatoms. The van der Waals surface area contributed by atoms with E-state index in [9.17, 15) is 4.79 Å². The summed E-state index contributed by atoms with van der Waals surface area (Å²) in [6, 6.07) is 4.31. The van der Waals surface area contributed by atoms with Gasteiger partial charge in [0.15, 0.2) is 0 Å². The Morgan fingerprint density at radius 3 is 1.93 bits per heavy atom. The van der Waals surface area contributed by atoms with Crippen LogP contribution in [0.25, 0.3) is 0 Å². The van der Waals surface area contributed by atoms with E-state index in [1.54, 1.807) is 6.92 Å². The number of carbonyl (C=O) groups excluding carboxylic acids is 1. The summed E-state index contributed by atoms with van der Waals surface area (Å²) >= 11 is 0. The number of rotatable bonds is 2. The quantitative estimate of drug-likeness (QED) is 0.720. The normalized spacial score (nSPS) is 11.6. The first kappa shape index (κ1) is 12.0. The molecule has 1 rings (SSSR count). The second-order valence-electron chi connectivity index (χ2n) is 4.93. The van der Waals surface area contributed by atoms with Crippen LogP contribution in [0, 0.1) is 20.8 Å². The van der Waals surface area contributed by atoms with Crippen LogP contribution in [0.15, 0.2) is 12.1 Å². The van der Waals surface area contributed by atoms with Crippen molar-refractivity contribution in [3.8, 4) is 0 Å². The molecule has 1 aromatic rings. The van der Waals surface area contributed by atoms with Gasteiger partial charge in [0.2, 0.25) is 0 Å². The zero-order valence-electron chi connectivity index (χ0n) is 10.6. The van der Waals surface area contributed by atoms with Crippen molar-refractivity contribution in [2.24, 2.45) is 0 Å². The number of carbonyl (C=O) groups is 1. The third-order valence-corrected chi connectivity index (χ3v) is 3.39. The number of ketones is 1. The predicted octanol–water partition coefficient (Wildman–Crippen LogP) is 3.48. The number of Topliss-reactive ketones (excluding diaryl/α,β-unsaturated/α-hetero) is 1. The van der Waals surface area contributed by atoms with Crippen molar-refractivity contribution in [3.05, 3.63) is 34.4 Å². The summed E-state index contributed by atoms with van der Waals surface area (Å²) in [5.74, 6) is 0.217. The molecule has 1 nitrogen and oxygen atoms in total. The van der Waals surface area contributed by atoms with E-state index < -0.39 is 0 Å². The van der Waals surface area contributed by atoms with E-state index in [0.29, 0.717) is 0 Å². The SMILES string of the molecule is CC(=O)C(C)(C)c1cc(C)c(C)cc1C. The van der Waals surface area contributed by atoms with Gasteiger partial charge in [0.05, 0.1) is 0 Å². The number of aryl methyl sites for hydroxylation is 3. The Balaban J connectivity index is 3.38. The lowest BCUT2D eigenvalue weighted by molar-refractivity contribution is -0.121. The monoisotopic (exact) mass is 204 g/mol. The van der Waals surface area contributed by atoms with Gasteiger partial charge in [-0.15, -0.1) is 0 Å². The molecule has 82 valence electrons. The highest BCUT2D eigenvalue weighted by molar-refractivity contribution is 5.87. The minimum absolute atomic E-state index is 0.217. The van der Waals surface area contributed by atoms with Gasteiger partial charge < -0.3 is 0 Å². The van der Waals surface area contributed by atoms with Gasteiger partial charge in [0, 0.05) is 5.41 Å². The highest BCUT2D eigenvalue weighted by Gasteiger charge is 2.27. The summed E-state index contributed by atoms with van der Waals surface area (Å²) < 4.78 is 0. The van der Waals surface area contributed by atoms with Crippen LogP contribution in [0.5, 0.6) is 0 Å². The van der Waals surface area contributed by atoms with Crippen LogP contribution in [0.1, 0.15) is 43.0 Å². The van der Waals surface area contributed by atoms with E-state index in [0.717, 1.165) is 5.56 Å². The molecule has 0 aromatic heterocycles. The fourth-order valence-electron chi connectivity index (χ4n) is 1.82. The van der Waals surface area contributed by atoms with E-state index >= 15 is 0 Å². The fourth-order valence-corrected chi connectivity index (χ4v) is 1.82. The minimum Gasteiger partial charge on any atom is -0.299 e. The first-order chi connectivity index (χ1) is 6.76. The van der Waals surface area contributed by atoms with Crippen LogP contribution in [0.4, 0.5) is 0 Å². The molecule has 0 N–H and O–H groups in total. The molecule has 0 spiro atoms. The van der Waals surface area contributed by atoms with Crippen LogP contribution in [0.2, 0.25) is 0 Å². The number of hydrogen-bond donors (Lipinski definition) is 0. The molecule has 0 saturated carbocycles. The zero-order chi connectivity index (χ0) is 11.8. The van der Waals surface area contributed by atoms with Gasteiger partial charge in [-0.05, 0) is 63.8 Å². The van der Waals surface area contributed by atoms with Gasteiger partial charge in [0.1, 0.15) is 5.78 Å². The topological polar surface area (TPSA) is 17.1 Å². The molecular weight excluding hydrogens is 184 g/mol. The van der Waals surface area contributed by atoms with Gasteiger partial charge in [-0.1, -0.05) is 12.1 Å². The Morgan fingerprint density at radius 2 is 1.47 bits per heavy atom. The Bertz CT molecular complexity index is 400. The molecule has 0 aliphatic rings. The lowest BCUT2D eigenvalue weighted by Crippen LogP contribution is -2.27. The molecule has 15 heavy (non-hydrogen) atoms. The molecule has 1 aromatic carbocycles. The van der Waals surface area contributed by atoms with Gasteiger partial charge in [-0.2, -0.15) is 0 Å². The van der Waals surface area contributed by atoms with Crippen molar-refractivity contribution in [2.45, 2.75) is 47.0 Å². The first-order valence-corrected chi connectivity index (χ1v) is 5.36. The van der Waals surface area contributed by atoms with E-state index in [1.807, 2.05) is 13.8 Å². The third kappa shape index (κ3) is 2.11. The molecule has 0 unspecified atom stereocenters. The average Bonchev–Trinajstić information content (AvgIpc) is 2.10. The summed E-state index contributed by atoms with van der Waals surface area (Å²) in [4.78, 5) is 11.6. The van der Waals surface area contributed by atoms with Crippen LogP contribution < -0.4 is 0 Å². The largest absolute Gasteiger partial charge is 0.299 e. The van der Waals surface area contributed by atoms with Crippen molar-refractivity contribution in [1.29, 1.82) is 0 Å². The second kappa shape index (κ2) is 3.80. The lowest BCUT2D eigenvalue weighted by atomic mass is 9.78. The summed E-state index contributed by atoms with van der Waals surface area (Å²) in [5, 5.41) is 0. The molecular formula is C14H20O. The number of hydrogen-bond acceptors (Lipinski definition) is 1. The summed E-state index contributed by atoms with van der Waals surface area (Å²) in [6.45, 7) is 11.9. The van der Waals surface area contributed by atoms with Gasteiger partial charge in [-0.25, -0.2) is 0 Å². The Hall–Kier alpha value is -1.11. The maximum atomic E-state index is 11.6. The maximum Gasteiger partial charge on any atom is 0.139 e. The summed E-state index contributed by atoms with van der Waals surface area (Å²) in [7, 11) is 0. The van der Waals surface area contributed by atoms with Crippen LogP contribution in [-0.4, -0.2) is 5.78 Å². The van der Waals surface area contributed by atoms with E-state index in [-0.39, 0.29) is 11.2 Å². The molecule has 0 aliphatic carbocycles. The predicted molar refractivity (Wildman–Crippen MR) is 64.4 cm³/mol. The zero-order valence-corrected chi connectivity index (χ0v) is 10.6. The molecule has 0 amide bonds. The molecule has 0 bridgehead atoms. The van der Waals surface area contributed by atoms with E-state index in [1.165, 1.54) is 16.7 Å². The summed E-state index contributed by atoms with van der Waals surface area (Å²) in [5.41, 5.74) is 4.53. The Kier molecular flexibility index (Phi) is 3.03. The van der Waals surface area contributed by atoms with E-state index in [4.69, 9.17) is 0 Å². The smallest absolute Gasteiger partial charge is 0.139 e. The highest BCUT2D eigenvalue weighted by atomic mass is 16.1. The Morgan fingerprint density at radius 1 is 1.00 bits per heavy atom. The van der Waals surface area contributed by atoms with Crippen molar-refractivity contribution < 1.29 is 4.79 Å². The molecule has 0 saturated heterocycles.